The molecule has 0 bridgehead atoms. The summed E-state index contributed by atoms with van der Waals surface area (Å²) in [5.41, 5.74) is 6.79. The highest BCUT2D eigenvalue weighted by molar-refractivity contribution is 7.99. The van der Waals surface area contributed by atoms with E-state index in [1.54, 1.807) is 36.0 Å². The topological polar surface area (TPSA) is 52.3 Å². The van der Waals surface area contributed by atoms with E-state index in [4.69, 9.17) is 10.5 Å². The zero-order valence-electron chi connectivity index (χ0n) is 12.3. The standard InChI is InChI=1S/C19H15NO2S/c20-18-13-16(23-15-9-5-2-6-10-15)11-12-17(18)19(21)22-14-7-3-1-4-8-14/h1-13H,20H2. The van der Waals surface area contributed by atoms with Gasteiger partial charge in [0.25, 0.3) is 0 Å². The molecule has 3 rings (SSSR count). The van der Waals surface area contributed by atoms with Crippen molar-refractivity contribution in [1.82, 2.24) is 0 Å². The maximum atomic E-state index is 12.2. The molecule has 0 aliphatic carbocycles. The van der Waals surface area contributed by atoms with Crippen LogP contribution in [0.3, 0.4) is 0 Å². The van der Waals surface area contributed by atoms with Crippen LogP contribution in [0.1, 0.15) is 10.4 Å². The average molecular weight is 321 g/mol. The van der Waals surface area contributed by atoms with Crippen LogP contribution in [0.4, 0.5) is 5.69 Å². The maximum Gasteiger partial charge on any atom is 0.345 e. The van der Waals surface area contributed by atoms with Gasteiger partial charge >= 0.3 is 5.97 Å². The first kappa shape index (κ1) is 15.2. The van der Waals surface area contributed by atoms with Gasteiger partial charge in [-0.2, -0.15) is 0 Å². The molecule has 0 aliphatic rings. The van der Waals surface area contributed by atoms with Crippen LogP contribution in [0.15, 0.2) is 88.7 Å². The molecule has 3 aromatic carbocycles. The molecule has 0 atom stereocenters. The molecule has 0 saturated carbocycles. The third kappa shape index (κ3) is 3.93. The normalized spacial score (nSPS) is 10.3. The molecule has 0 amide bonds. The first-order valence-electron chi connectivity index (χ1n) is 7.12. The van der Waals surface area contributed by atoms with Crippen LogP contribution in [0, 0.1) is 0 Å². The lowest BCUT2D eigenvalue weighted by atomic mass is 10.2. The van der Waals surface area contributed by atoms with Crippen molar-refractivity contribution < 1.29 is 9.53 Å². The molecule has 0 saturated heterocycles. The Hall–Kier alpha value is -2.72. The molecule has 114 valence electrons. The first-order chi connectivity index (χ1) is 11.2. The molecule has 0 fully saturated rings. The number of anilines is 1. The summed E-state index contributed by atoms with van der Waals surface area (Å²) in [5, 5.41) is 0. The van der Waals surface area contributed by atoms with E-state index < -0.39 is 5.97 Å². The van der Waals surface area contributed by atoms with Gasteiger partial charge in [0.15, 0.2) is 0 Å². The number of nitrogen functional groups attached to an aromatic ring is 1. The molecule has 0 spiro atoms. The molecule has 0 aliphatic heterocycles. The van der Waals surface area contributed by atoms with Crippen molar-refractivity contribution in [3.05, 3.63) is 84.4 Å². The Morgan fingerprint density at radius 1 is 0.826 bits per heavy atom. The maximum absolute atomic E-state index is 12.2. The van der Waals surface area contributed by atoms with Gasteiger partial charge in [-0.1, -0.05) is 48.2 Å². The summed E-state index contributed by atoms with van der Waals surface area (Å²) in [6.07, 6.45) is 0. The number of ether oxygens (including phenoxy) is 1. The number of esters is 1. The molecule has 2 N–H and O–H groups in total. The summed E-state index contributed by atoms with van der Waals surface area (Å²) in [6.45, 7) is 0. The molecule has 3 nitrogen and oxygen atoms in total. The minimum Gasteiger partial charge on any atom is -0.423 e. The Kier molecular flexibility index (Phi) is 4.64. The second-order valence-electron chi connectivity index (χ2n) is 4.87. The van der Waals surface area contributed by atoms with Crippen LogP contribution in [0.5, 0.6) is 5.75 Å². The molecule has 0 aromatic heterocycles. The first-order valence-corrected chi connectivity index (χ1v) is 7.94. The van der Waals surface area contributed by atoms with Crippen molar-refractivity contribution in [2.24, 2.45) is 0 Å². The minimum absolute atomic E-state index is 0.367. The second-order valence-corrected chi connectivity index (χ2v) is 6.01. The van der Waals surface area contributed by atoms with E-state index in [0.717, 1.165) is 9.79 Å². The predicted molar refractivity (Wildman–Crippen MR) is 92.8 cm³/mol. The van der Waals surface area contributed by atoms with Crippen molar-refractivity contribution in [3.8, 4) is 5.75 Å². The Morgan fingerprint density at radius 3 is 2.13 bits per heavy atom. The van der Waals surface area contributed by atoms with Crippen molar-refractivity contribution in [1.29, 1.82) is 0 Å². The van der Waals surface area contributed by atoms with Crippen molar-refractivity contribution in [2.45, 2.75) is 9.79 Å². The summed E-state index contributed by atoms with van der Waals surface area (Å²) < 4.78 is 5.31. The highest BCUT2D eigenvalue weighted by atomic mass is 32.2. The summed E-state index contributed by atoms with van der Waals surface area (Å²) in [4.78, 5) is 14.3. The van der Waals surface area contributed by atoms with Gasteiger partial charge < -0.3 is 10.5 Å². The van der Waals surface area contributed by atoms with E-state index in [0.29, 0.717) is 17.0 Å². The zero-order chi connectivity index (χ0) is 16.1. The monoisotopic (exact) mass is 321 g/mol. The fourth-order valence-electron chi connectivity index (χ4n) is 2.07. The lowest BCUT2D eigenvalue weighted by Crippen LogP contribution is -2.11. The van der Waals surface area contributed by atoms with E-state index in [9.17, 15) is 4.79 Å². The van der Waals surface area contributed by atoms with Crippen molar-refractivity contribution in [2.75, 3.05) is 5.73 Å². The van der Waals surface area contributed by atoms with Gasteiger partial charge in [0.1, 0.15) is 5.75 Å². The van der Waals surface area contributed by atoms with Gasteiger partial charge in [0.2, 0.25) is 0 Å². The molecule has 23 heavy (non-hydrogen) atoms. The number of carbonyl (C=O) groups excluding carboxylic acids is 1. The SMILES string of the molecule is Nc1cc(Sc2ccccc2)ccc1C(=O)Oc1ccccc1. The van der Waals surface area contributed by atoms with E-state index in [2.05, 4.69) is 0 Å². The van der Waals surface area contributed by atoms with Crippen LogP contribution in [0.2, 0.25) is 0 Å². The molecule has 0 heterocycles. The van der Waals surface area contributed by atoms with Gasteiger partial charge in [0.05, 0.1) is 5.56 Å². The van der Waals surface area contributed by atoms with Gasteiger partial charge in [-0.25, -0.2) is 4.79 Å². The van der Waals surface area contributed by atoms with E-state index in [1.807, 2.05) is 54.6 Å². The summed E-state index contributed by atoms with van der Waals surface area (Å²) in [6, 6.07) is 24.3. The van der Waals surface area contributed by atoms with Crippen LogP contribution in [0.25, 0.3) is 0 Å². The van der Waals surface area contributed by atoms with Crippen LogP contribution < -0.4 is 10.5 Å². The Labute approximate surface area is 139 Å². The Bertz CT molecular complexity index is 804. The average Bonchev–Trinajstić information content (AvgIpc) is 2.57. The smallest absolute Gasteiger partial charge is 0.345 e. The highest BCUT2D eigenvalue weighted by Gasteiger charge is 2.13. The summed E-state index contributed by atoms with van der Waals surface area (Å²) in [7, 11) is 0. The number of nitrogens with two attached hydrogens (primary N) is 1. The predicted octanol–water partition coefficient (Wildman–Crippen LogP) is 4.64. The lowest BCUT2D eigenvalue weighted by molar-refractivity contribution is 0.0736. The molecule has 4 heteroatoms. The fourth-order valence-corrected chi connectivity index (χ4v) is 2.95. The number of benzene rings is 3. The molecule has 0 radical (unpaired) electrons. The number of carbonyl (C=O) groups is 1. The minimum atomic E-state index is -0.454. The van der Waals surface area contributed by atoms with E-state index in [-0.39, 0.29) is 0 Å². The second kappa shape index (κ2) is 7.03. The molecule has 0 unspecified atom stereocenters. The van der Waals surface area contributed by atoms with Crippen LogP contribution >= 0.6 is 11.8 Å². The third-order valence-corrected chi connectivity index (χ3v) is 4.17. The largest absolute Gasteiger partial charge is 0.423 e. The van der Waals surface area contributed by atoms with Gasteiger partial charge in [-0.15, -0.1) is 0 Å². The number of rotatable bonds is 4. The lowest BCUT2D eigenvalue weighted by Gasteiger charge is -2.08. The third-order valence-electron chi connectivity index (χ3n) is 3.18. The van der Waals surface area contributed by atoms with E-state index >= 15 is 0 Å². The fraction of sp³-hybridized carbons (Fsp3) is 0. The summed E-state index contributed by atoms with van der Waals surface area (Å²) >= 11 is 1.59. The van der Waals surface area contributed by atoms with Crippen molar-refractivity contribution in [3.63, 3.8) is 0 Å². The Morgan fingerprint density at radius 2 is 1.48 bits per heavy atom. The van der Waals surface area contributed by atoms with Crippen LogP contribution in [-0.4, -0.2) is 5.97 Å². The molecular weight excluding hydrogens is 306 g/mol. The van der Waals surface area contributed by atoms with Crippen molar-refractivity contribution >= 4 is 23.4 Å². The quantitative estimate of drug-likeness (QED) is 0.432. The highest BCUT2D eigenvalue weighted by Crippen LogP contribution is 2.30. The molecular formula is C19H15NO2S. The van der Waals surface area contributed by atoms with Gasteiger partial charge in [-0.3, -0.25) is 0 Å². The summed E-state index contributed by atoms with van der Waals surface area (Å²) in [5.74, 6) is 0.0459. The van der Waals surface area contributed by atoms with Crippen LogP contribution in [-0.2, 0) is 0 Å². The Balaban J connectivity index is 1.75. The number of hydrogen-bond donors (Lipinski definition) is 1. The number of para-hydroxylation sites is 1. The van der Waals surface area contributed by atoms with Gasteiger partial charge in [-0.05, 0) is 42.5 Å². The number of hydrogen-bond acceptors (Lipinski definition) is 4. The molecule has 3 aromatic rings. The zero-order valence-corrected chi connectivity index (χ0v) is 13.1. The van der Waals surface area contributed by atoms with E-state index in [1.165, 1.54) is 0 Å². The van der Waals surface area contributed by atoms with Gasteiger partial charge in [0, 0.05) is 15.5 Å².